The van der Waals surface area contributed by atoms with E-state index in [-0.39, 0.29) is 0 Å². The summed E-state index contributed by atoms with van der Waals surface area (Å²) in [7, 11) is 0. The van der Waals surface area contributed by atoms with E-state index in [2.05, 4.69) is 24.3 Å². The van der Waals surface area contributed by atoms with Crippen molar-refractivity contribution in [1.82, 2.24) is 0 Å². The lowest BCUT2D eigenvalue weighted by Crippen LogP contribution is -2.12. The molecule has 0 heterocycles. The molecule has 4 unspecified atom stereocenters. The fourth-order valence-electron chi connectivity index (χ4n) is 4.10. The van der Waals surface area contributed by atoms with Gasteiger partial charge in [-0.05, 0) is 53.7 Å². The first-order valence-corrected chi connectivity index (χ1v) is 6.13. The number of hydrogen-bond acceptors (Lipinski definition) is 1. The first-order chi connectivity index (χ1) is 7.86. The molecule has 4 atom stereocenters. The van der Waals surface area contributed by atoms with Crippen molar-refractivity contribution in [2.45, 2.75) is 18.8 Å². The molecular formula is C15H14O. The van der Waals surface area contributed by atoms with Gasteiger partial charge in [-0.1, -0.05) is 24.3 Å². The maximum Gasteiger partial charge on any atom is 0.150 e. The fourth-order valence-corrected chi connectivity index (χ4v) is 4.10. The SMILES string of the molecule is O=Cc1ccc2c(c1)C1C3C=CC(C3)C1C2. The van der Waals surface area contributed by atoms with E-state index in [4.69, 9.17) is 0 Å². The molecule has 16 heavy (non-hydrogen) atoms. The van der Waals surface area contributed by atoms with Crippen LogP contribution in [0.15, 0.2) is 30.4 Å². The number of aldehydes is 1. The highest BCUT2D eigenvalue weighted by Crippen LogP contribution is 2.58. The second-order valence-corrected chi connectivity index (χ2v) is 5.42. The summed E-state index contributed by atoms with van der Waals surface area (Å²) in [6.45, 7) is 0. The number of carbonyl (C=O) groups excluding carboxylic acids is 1. The van der Waals surface area contributed by atoms with E-state index in [9.17, 15) is 4.79 Å². The Morgan fingerprint density at radius 1 is 1.19 bits per heavy atom. The van der Waals surface area contributed by atoms with Gasteiger partial charge in [-0.15, -0.1) is 0 Å². The highest BCUT2D eigenvalue weighted by atomic mass is 16.1. The normalized spacial score (nSPS) is 37.5. The summed E-state index contributed by atoms with van der Waals surface area (Å²) in [5.41, 5.74) is 3.79. The van der Waals surface area contributed by atoms with E-state index in [1.807, 2.05) is 6.07 Å². The van der Waals surface area contributed by atoms with Gasteiger partial charge in [0.15, 0.2) is 0 Å². The van der Waals surface area contributed by atoms with Crippen LogP contribution in [0.5, 0.6) is 0 Å². The van der Waals surface area contributed by atoms with Gasteiger partial charge in [0.2, 0.25) is 0 Å². The molecule has 0 aromatic heterocycles. The molecule has 1 aromatic carbocycles. The second-order valence-electron chi connectivity index (χ2n) is 5.42. The Morgan fingerprint density at radius 3 is 2.94 bits per heavy atom. The van der Waals surface area contributed by atoms with E-state index in [1.165, 1.54) is 24.0 Å². The van der Waals surface area contributed by atoms with Gasteiger partial charge in [-0.25, -0.2) is 0 Å². The molecule has 3 aliphatic carbocycles. The van der Waals surface area contributed by atoms with Gasteiger partial charge in [-0.3, -0.25) is 4.79 Å². The summed E-state index contributed by atoms with van der Waals surface area (Å²) in [6.07, 6.45) is 8.36. The van der Waals surface area contributed by atoms with Crippen molar-refractivity contribution < 1.29 is 4.79 Å². The summed E-state index contributed by atoms with van der Waals surface area (Å²) >= 11 is 0. The second kappa shape index (κ2) is 2.85. The molecule has 1 fully saturated rings. The van der Waals surface area contributed by atoms with Crippen LogP contribution in [-0.4, -0.2) is 6.29 Å². The van der Waals surface area contributed by atoms with Gasteiger partial charge >= 0.3 is 0 Å². The van der Waals surface area contributed by atoms with E-state index >= 15 is 0 Å². The molecule has 0 saturated heterocycles. The summed E-state index contributed by atoms with van der Waals surface area (Å²) in [5.74, 6) is 3.09. The zero-order valence-corrected chi connectivity index (χ0v) is 9.10. The van der Waals surface area contributed by atoms with Crippen molar-refractivity contribution in [3.8, 4) is 0 Å². The number of allylic oxidation sites excluding steroid dienone is 2. The zero-order chi connectivity index (χ0) is 10.7. The van der Waals surface area contributed by atoms with E-state index < -0.39 is 0 Å². The van der Waals surface area contributed by atoms with Gasteiger partial charge in [0.05, 0.1) is 0 Å². The lowest BCUT2D eigenvalue weighted by Gasteiger charge is -2.20. The Morgan fingerprint density at radius 2 is 2.06 bits per heavy atom. The summed E-state index contributed by atoms with van der Waals surface area (Å²) in [4.78, 5) is 10.8. The Hall–Kier alpha value is -1.37. The molecule has 1 saturated carbocycles. The maximum absolute atomic E-state index is 10.8. The van der Waals surface area contributed by atoms with Gasteiger partial charge < -0.3 is 0 Å². The number of carbonyl (C=O) groups is 1. The number of fused-ring (bicyclic) bond motifs is 7. The van der Waals surface area contributed by atoms with Crippen LogP contribution in [0.4, 0.5) is 0 Å². The zero-order valence-electron chi connectivity index (χ0n) is 9.10. The standard InChI is InChI=1S/C15H14O/c16-8-9-1-2-11-7-14-10-3-4-12(6-10)15(14)13(11)5-9/h1-5,8,10,12,14-15H,6-7H2. The Kier molecular flexibility index (Phi) is 1.56. The summed E-state index contributed by atoms with van der Waals surface area (Å²) < 4.78 is 0. The molecule has 1 heteroatoms. The van der Waals surface area contributed by atoms with Gasteiger partial charge in [0.1, 0.15) is 6.29 Å². The molecule has 0 N–H and O–H groups in total. The average Bonchev–Trinajstić information content (AvgIpc) is 2.99. The third kappa shape index (κ3) is 0.940. The highest BCUT2D eigenvalue weighted by molar-refractivity contribution is 5.75. The van der Waals surface area contributed by atoms with Crippen LogP contribution in [0, 0.1) is 17.8 Å². The minimum Gasteiger partial charge on any atom is -0.298 e. The van der Waals surface area contributed by atoms with Gasteiger partial charge in [0.25, 0.3) is 0 Å². The monoisotopic (exact) mass is 210 g/mol. The maximum atomic E-state index is 10.8. The van der Waals surface area contributed by atoms with Gasteiger partial charge in [0, 0.05) is 5.56 Å². The van der Waals surface area contributed by atoms with Crippen LogP contribution >= 0.6 is 0 Å². The van der Waals surface area contributed by atoms with Crippen molar-refractivity contribution in [1.29, 1.82) is 0 Å². The molecule has 1 aromatic rings. The quantitative estimate of drug-likeness (QED) is 0.514. The van der Waals surface area contributed by atoms with Crippen LogP contribution in [0.1, 0.15) is 33.8 Å². The van der Waals surface area contributed by atoms with E-state index in [0.29, 0.717) is 5.92 Å². The van der Waals surface area contributed by atoms with E-state index in [0.717, 1.165) is 29.6 Å². The number of rotatable bonds is 1. The van der Waals surface area contributed by atoms with Crippen LogP contribution in [0.25, 0.3) is 0 Å². The summed E-state index contributed by atoms with van der Waals surface area (Å²) in [6, 6.07) is 6.25. The average molecular weight is 210 g/mol. The van der Waals surface area contributed by atoms with Crippen LogP contribution in [0.2, 0.25) is 0 Å². The highest BCUT2D eigenvalue weighted by Gasteiger charge is 2.48. The molecule has 0 spiro atoms. The predicted molar refractivity (Wildman–Crippen MR) is 62.5 cm³/mol. The first-order valence-electron chi connectivity index (χ1n) is 6.13. The molecule has 80 valence electrons. The minimum absolute atomic E-state index is 0.713. The van der Waals surface area contributed by atoms with Crippen LogP contribution in [0.3, 0.4) is 0 Å². The third-order valence-corrected chi connectivity index (χ3v) is 4.74. The Balaban J connectivity index is 1.85. The third-order valence-electron chi connectivity index (χ3n) is 4.74. The van der Waals surface area contributed by atoms with Crippen molar-refractivity contribution >= 4 is 6.29 Å². The first kappa shape index (κ1) is 8.74. The largest absolute Gasteiger partial charge is 0.298 e. The molecule has 3 aliphatic rings. The van der Waals surface area contributed by atoms with E-state index in [1.54, 1.807) is 0 Å². The van der Waals surface area contributed by atoms with Gasteiger partial charge in [-0.2, -0.15) is 0 Å². The topological polar surface area (TPSA) is 17.1 Å². The summed E-state index contributed by atoms with van der Waals surface area (Å²) in [5, 5.41) is 0. The Bertz CT molecular complexity index is 500. The molecule has 0 aliphatic heterocycles. The lowest BCUT2D eigenvalue weighted by molar-refractivity contribution is 0.112. The predicted octanol–water partition coefficient (Wildman–Crippen LogP) is 2.96. The van der Waals surface area contributed by atoms with Crippen molar-refractivity contribution in [3.63, 3.8) is 0 Å². The molecule has 4 rings (SSSR count). The number of benzene rings is 1. The molecule has 0 amide bonds. The molecule has 1 nitrogen and oxygen atoms in total. The van der Waals surface area contributed by atoms with Crippen LogP contribution in [-0.2, 0) is 6.42 Å². The number of hydrogen-bond donors (Lipinski definition) is 0. The minimum atomic E-state index is 0.713. The molecular weight excluding hydrogens is 196 g/mol. The fraction of sp³-hybridized carbons (Fsp3) is 0.400. The van der Waals surface area contributed by atoms with Crippen LogP contribution < -0.4 is 0 Å². The van der Waals surface area contributed by atoms with Crippen molar-refractivity contribution in [2.24, 2.45) is 17.8 Å². The lowest BCUT2D eigenvalue weighted by atomic mass is 9.83. The molecule has 2 bridgehead atoms. The smallest absolute Gasteiger partial charge is 0.150 e. The molecule has 0 radical (unpaired) electrons. The van der Waals surface area contributed by atoms with Crippen molar-refractivity contribution in [2.75, 3.05) is 0 Å². The Labute approximate surface area is 95.2 Å². The van der Waals surface area contributed by atoms with Crippen molar-refractivity contribution in [3.05, 3.63) is 47.0 Å².